The number of hydrogen-bond donors (Lipinski definition) is 2. The average molecular weight is 226 g/mol. The fraction of sp³-hybridized carbons (Fsp3) is 0.545. The highest BCUT2D eigenvalue weighted by atomic mass is 16.2. The van der Waals surface area contributed by atoms with E-state index in [4.69, 9.17) is 11.5 Å². The molecule has 0 aromatic rings. The molecule has 0 aromatic heterocycles. The zero-order valence-corrected chi connectivity index (χ0v) is 10.5. The van der Waals surface area contributed by atoms with Crippen LogP contribution in [-0.4, -0.2) is 42.9 Å². The van der Waals surface area contributed by atoms with Crippen LogP contribution in [0, 0.1) is 0 Å². The van der Waals surface area contributed by atoms with Crippen molar-refractivity contribution < 1.29 is 4.79 Å². The van der Waals surface area contributed by atoms with Crippen LogP contribution in [0.1, 0.15) is 13.8 Å². The standard InChI is InChI=1S/C11H22N4O/c1-9(12)5-6-11(13)15(4)8-7-14(3)10(2)16/h5-6H,7-8,12-13H2,1-4H3/b9-5-,11-6+. The molecule has 92 valence electrons. The van der Waals surface area contributed by atoms with Gasteiger partial charge in [0.25, 0.3) is 0 Å². The van der Waals surface area contributed by atoms with E-state index < -0.39 is 0 Å². The maximum atomic E-state index is 11.0. The summed E-state index contributed by atoms with van der Waals surface area (Å²) < 4.78 is 0. The summed E-state index contributed by atoms with van der Waals surface area (Å²) in [6.07, 6.45) is 3.50. The van der Waals surface area contributed by atoms with Crippen LogP contribution in [0.25, 0.3) is 0 Å². The predicted molar refractivity (Wildman–Crippen MR) is 66.2 cm³/mol. The van der Waals surface area contributed by atoms with Crippen molar-refractivity contribution >= 4 is 5.91 Å². The zero-order valence-electron chi connectivity index (χ0n) is 10.5. The molecule has 0 atom stereocenters. The van der Waals surface area contributed by atoms with Crippen molar-refractivity contribution in [3.8, 4) is 0 Å². The number of rotatable bonds is 5. The number of nitrogens with zero attached hydrogens (tertiary/aromatic N) is 2. The molecule has 0 saturated heterocycles. The van der Waals surface area contributed by atoms with Gasteiger partial charge in [0.15, 0.2) is 0 Å². The number of hydrogen-bond acceptors (Lipinski definition) is 4. The first-order valence-corrected chi connectivity index (χ1v) is 5.17. The van der Waals surface area contributed by atoms with Gasteiger partial charge in [-0.2, -0.15) is 0 Å². The van der Waals surface area contributed by atoms with E-state index in [0.29, 0.717) is 24.6 Å². The fourth-order valence-electron chi connectivity index (χ4n) is 0.931. The van der Waals surface area contributed by atoms with Gasteiger partial charge in [0.1, 0.15) is 0 Å². The van der Waals surface area contributed by atoms with E-state index in [1.54, 1.807) is 37.9 Å². The van der Waals surface area contributed by atoms with E-state index in [2.05, 4.69) is 0 Å². The molecule has 0 rings (SSSR count). The molecule has 0 aromatic carbocycles. The van der Waals surface area contributed by atoms with Gasteiger partial charge in [-0.1, -0.05) is 0 Å². The van der Waals surface area contributed by atoms with Crippen LogP contribution < -0.4 is 11.5 Å². The summed E-state index contributed by atoms with van der Waals surface area (Å²) in [6, 6.07) is 0. The van der Waals surface area contributed by atoms with Crippen molar-refractivity contribution in [1.29, 1.82) is 0 Å². The van der Waals surface area contributed by atoms with Crippen molar-refractivity contribution in [2.75, 3.05) is 27.2 Å². The van der Waals surface area contributed by atoms with Crippen LogP contribution >= 0.6 is 0 Å². The van der Waals surface area contributed by atoms with Crippen molar-refractivity contribution in [1.82, 2.24) is 9.80 Å². The molecular formula is C11H22N4O. The van der Waals surface area contributed by atoms with Gasteiger partial charge in [-0.05, 0) is 19.1 Å². The van der Waals surface area contributed by atoms with Crippen LogP contribution in [0.3, 0.4) is 0 Å². The van der Waals surface area contributed by atoms with Gasteiger partial charge in [-0.15, -0.1) is 0 Å². The first kappa shape index (κ1) is 14.3. The lowest BCUT2D eigenvalue weighted by Gasteiger charge is -2.22. The molecule has 5 nitrogen and oxygen atoms in total. The molecule has 0 bridgehead atoms. The summed E-state index contributed by atoms with van der Waals surface area (Å²) in [5, 5.41) is 0. The van der Waals surface area contributed by atoms with Crippen LogP contribution in [-0.2, 0) is 4.79 Å². The molecule has 0 aliphatic carbocycles. The first-order chi connectivity index (χ1) is 7.34. The lowest BCUT2D eigenvalue weighted by molar-refractivity contribution is -0.127. The Hall–Kier alpha value is -1.65. The monoisotopic (exact) mass is 226 g/mol. The molecule has 4 N–H and O–H groups in total. The third kappa shape index (κ3) is 5.95. The van der Waals surface area contributed by atoms with E-state index in [1.165, 1.54) is 0 Å². The molecule has 0 spiro atoms. The molecule has 0 fully saturated rings. The summed E-state index contributed by atoms with van der Waals surface area (Å²) in [5.41, 5.74) is 12.0. The third-order valence-corrected chi connectivity index (χ3v) is 2.27. The Morgan fingerprint density at radius 3 is 2.00 bits per heavy atom. The molecular weight excluding hydrogens is 204 g/mol. The number of carbonyl (C=O) groups is 1. The van der Waals surface area contributed by atoms with Gasteiger partial charge in [-0.25, -0.2) is 0 Å². The van der Waals surface area contributed by atoms with E-state index in [0.717, 1.165) is 0 Å². The van der Waals surface area contributed by atoms with Crippen molar-refractivity contribution in [3.63, 3.8) is 0 Å². The molecule has 1 amide bonds. The number of likely N-dealkylation sites (N-methyl/N-ethyl adjacent to an activating group) is 2. The van der Waals surface area contributed by atoms with Gasteiger partial charge in [0, 0.05) is 39.8 Å². The highest BCUT2D eigenvalue weighted by molar-refractivity contribution is 5.72. The zero-order chi connectivity index (χ0) is 12.7. The van der Waals surface area contributed by atoms with E-state index >= 15 is 0 Å². The van der Waals surface area contributed by atoms with Gasteiger partial charge < -0.3 is 21.3 Å². The topological polar surface area (TPSA) is 75.6 Å². The van der Waals surface area contributed by atoms with Gasteiger partial charge in [0.05, 0.1) is 5.82 Å². The van der Waals surface area contributed by atoms with Gasteiger partial charge in [-0.3, -0.25) is 4.79 Å². The Labute approximate surface area is 97.4 Å². The van der Waals surface area contributed by atoms with Crippen molar-refractivity contribution in [2.45, 2.75) is 13.8 Å². The Bertz CT molecular complexity index is 292. The largest absolute Gasteiger partial charge is 0.402 e. The Morgan fingerprint density at radius 1 is 1.06 bits per heavy atom. The maximum absolute atomic E-state index is 11.0. The van der Waals surface area contributed by atoms with Gasteiger partial charge in [0.2, 0.25) is 5.91 Å². The van der Waals surface area contributed by atoms with E-state index in [1.807, 2.05) is 11.9 Å². The van der Waals surface area contributed by atoms with Crippen LogP contribution in [0.4, 0.5) is 0 Å². The first-order valence-electron chi connectivity index (χ1n) is 5.17. The Balaban J connectivity index is 4.16. The normalized spacial score (nSPS) is 12.5. The minimum Gasteiger partial charge on any atom is -0.402 e. The molecule has 16 heavy (non-hydrogen) atoms. The highest BCUT2D eigenvalue weighted by Gasteiger charge is 2.04. The molecule has 0 radical (unpaired) electrons. The Kier molecular flexibility index (Phi) is 6.07. The number of amides is 1. The molecule has 0 aliphatic rings. The molecule has 0 heterocycles. The maximum Gasteiger partial charge on any atom is 0.219 e. The van der Waals surface area contributed by atoms with Crippen molar-refractivity contribution in [3.05, 3.63) is 23.7 Å². The molecule has 0 aliphatic heterocycles. The second kappa shape index (κ2) is 6.76. The Morgan fingerprint density at radius 2 is 1.56 bits per heavy atom. The number of allylic oxidation sites excluding steroid dienone is 3. The lowest BCUT2D eigenvalue weighted by atomic mass is 10.4. The van der Waals surface area contributed by atoms with Crippen LogP contribution in [0.2, 0.25) is 0 Å². The predicted octanol–water partition coefficient (Wildman–Crippen LogP) is 0.0591. The summed E-state index contributed by atoms with van der Waals surface area (Å²) >= 11 is 0. The van der Waals surface area contributed by atoms with Gasteiger partial charge >= 0.3 is 0 Å². The summed E-state index contributed by atoms with van der Waals surface area (Å²) in [6.45, 7) is 4.68. The fourth-order valence-corrected chi connectivity index (χ4v) is 0.931. The average Bonchev–Trinajstić information content (AvgIpc) is 2.21. The molecule has 0 saturated carbocycles. The quantitative estimate of drug-likeness (QED) is 0.650. The summed E-state index contributed by atoms with van der Waals surface area (Å²) in [5.74, 6) is 0.676. The third-order valence-electron chi connectivity index (χ3n) is 2.27. The summed E-state index contributed by atoms with van der Waals surface area (Å²) in [4.78, 5) is 14.5. The minimum absolute atomic E-state index is 0.0497. The summed E-state index contributed by atoms with van der Waals surface area (Å²) in [7, 11) is 3.64. The number of nitrogens with two attached hydrogens (primary N) is 2. The molecule has 5 heteroatoms. The second-order valence-corrected chi connectivity index (χ2v) is 3.86. The highest BCUT2D eigenvalue weighted by Crippen LogP contribution is 1.96. The molecule has 0 unspecified atom stereocenters. The smallest absolute Gasteiger partial charge is 0.219 e. The number of carbonyl (C=O) groups excluding carboxylic acids is 1. The van der Waals surface area contributed by atoms with Crippen LogP contribution in [0.5, 0.6) is 0 Å². The van der Waals surface area contributed by atoms with E-state index in [-0.39, 0.29) is 5.91 Å². The second-order valence-electron chi connectivity index (χ2n) is 3.86. The SMILES string of the molecule is CC(=O)N(C)CCN(C)/C(N)=C/C=C(/C)N. The van der Waals surface area contributed by atoms with E-state index in [9.17, 15) is 4.79 Å². The minimum atomic E-state index is 0.0497. The lowest BCUT2D eigenvalue weighted by Crippen LogP contribution is -2.34. The van der Waals surface area contributed by atoms with Crippen LogP contribution in [0.15, 0.2) is 23.7 Å². The van der Waals surface area contributed by atoms with Crippen molar-refractivity contribution in [2.24, 2.45) is 11.5 Å².